The number of carbonyl (C=O) groups is 1. The molecule has 3 aromatic rings. The molecule has 0 aromatic carbocycles. The number of piperidine rings is 1. The highest BCUT2D eigenvalue weighted by atomic mass is 16.1. The summed E-state index contributed by atoms with van der Waals surface area (Å²) in [4.78, 5) is 27.3. The van der Waals surface area contributed by atoms with Gasteiger partial charge < -0.3 is 19.8 Å². The van der Waals surface area contributed by atoms with Crippen molar-refractivity contribution in [1.29, 1.82) is 5.26 Å². The van der Waals surface area contributed by atoms with E-state index >= 15 is 0 Å². The minimum absolute atomic E-state index is 0.0127. The van der Waals surface area contributed by atoms with Crippen molar-refractivity contribution < 1.29 is 4.79 Å². The maximum atomic E-state index is 12.5. The molecule has 0 atom stereocenters. The van der Waals surface area contributed by atoms with E-state index in [1.807, 2.05) is 26.1 Å². The normalized spacial score (nSPS) is 15.9. The van der Waals surface area contributed by atoms with Gasteiger partial charge in [-0.15, -0.1) is 0 Å². The van der Waals surface area contributed by atoms with E-state index in [-0.39, 0.29) is 24.4 Å². The van der Waals surface area contributed by atoms with Crippen LogP contribution in [-0.4, -0.2) is 56.0 Å². The number of amides is 1. The van der Waals surface area contributed by atoms with Gasteiger partial charge >= 0.3 is 0 Å². The molecule has 0 aliphatic carbocycles. The average molecular weight is 393 g/mol. The molecule has 0 spiro atoms. The zero-order valence-corrected chi connectivity index (χ0v) is 17.0. The van der Waals surface area contributed by atoms with E-state index in [0.29, 0.717) is 6.42 Å². The van der Waals surface area contributed by atoms with Crippen LogP contribution in [0.3, 0.4) is 0 Å². The fourth-order valence-corrected chi connectivity index (χ4v) is 4.28. The monoisotopic (exact) mass is 393 g/mol. The first-order chi connectivity index (χ1) is 14.1. The number of hydrogen-bond donors (Lipinski definition) is 2. The van der Waals surface area contributed by atoms with Gasteiger partial charge in [0, 0.05) is 49.7 Å². The van der Waals surface area contributed by atoms with Gasteiger partial charge in [0.05, 0.1) is 24.2 Å². The molecule has 8 heteroatoms. The Hall–Kier alpha value is -2.92. The molecule has 152 valence electrons. The summed E-state index contributed by atoms with van der Waals surface area (Å²) >= 11 is 0. The summed E-state index contributed by atoms with van der Waals surface area (Å²) in [5, 5.41) is 12.9. The number of H-pyrrole nitrogens is 1. The Labute approximate surface area is 169 Å². The number of aromatic nitrogens is 4. The van der Waals surface area contributed by atoms with Crippen LogP contribution in [0.2, 0.25) is 0 Å². The maximum Gasteiger partial charge on any atom is 0.227 e. The highest BCUT2D eigenvalue weighted by molar-refractivity contribution is 6.01. The van der Waals surface area contributed by atoms with Crippen LogP contribution in [0.15, 0.2) is 18.5 Å². The molecule has 0 unspecified atom stereocenters. The van der Waals surface area contributed by atoms with Crippen LogP contribution >= 0.6 is 0 Å². The molecule has 4 heterocycles. The van der Waals surface area contributed by atoms with Crippen LogP contribution in [0.1, 0.15) is 45.0 Å². The number of hydrogen-bond acceptors (Lipinski definition) is 5. The molecule has 0 saturated carbocycles. The summed E-state index contributed by atoms with van der Waals surface area (Å²) in [5.74, 6) is 0.783. The zero-order chi connectivity index (χ0) is 20.4. The number of nitrogens with zero attached hydrogens (tertiary/aromatic N) is 5. The van der Waals surface area contributed by atoms with Gasteiger partial charge in [0.2, 0.25) is 5.91 Å². The lowest BCUT2D eigenvalue weighted by Crippen LogP contribution is -2.36. The van der Waals surface area contributed by atoms with Crippen molar-refractivity contribution >= 4 is 28.0 Å². The summed E-state index contributed by atoms with van der Waals surface area (Å²) < 4.78 is 2.27. The van der Waals surface area contributed by atoms with E-state index < -0.39 is 0 Å². The number of imidazole rings is 1. The molecule has 1 fully saturated rings. The second-order valence-corrected chi connectivity index (χ2v) is 8.01. The number of nitriles is 1. The van der Waals surface area contributed by atoms with Crippen molar-refractivity contribution in [2.75, 3.05) is 19.6 Å². The number of likely N-dealkylation sites (tertiary alicyclic amines) is 1. The maximum absolute atomic E-state index is 12.5. The predicted octanol–water partition coefficient (Wildman–Crippen LogP) is 2.53. The van der Waals surface area contributed by atoms with Crippen molar-refractivity contribution in [3.8, 4) is 6.07 Å². The number of pyridine rings is 1. The Morgan fingerprint density at radius 2 is 2.21 bits per heavy atom. The summed E-state index contributed by atoms with van der Waals surface area (Å²) in [6.07, 6.45) is 6.46. The SMILES string of the molecule is CC(C)NC(=O)Cc1nc2cnc3[nH]ccc3c2n1C1CCN(CCC#N)CC1. The summed E-state index contributed by atoms with van der Waals surface area (Å²) in [6.45, 7) is 6.65. The Morgan fingerprint density at radius 1 is 1.41 bits per heavy atom. The lowest BCUT2D eigenvalue weighted by molar-refractivity contribution is -0.121. The molecule has 3 aromatic heterocycles. The smallest absolute Gasteiger partial charge is 0.227 e. The van der Waals surface area contributed by atoms with Gasteiger partial charge in [-0.2, -0.15) is 5.26 Å². The van der Waals surface area contributed by atoms with Gasteiger partial charge in [-0.3, -0.25) is 4.79 Å². The summed E-state index contributed by atoms with van der Waals surface area (Å²) in [5.41, 5.74) is 2.72. The second-order valence-electron chi connectivity index (χ2n) is 8.01. The van der Waals surface area contributed by atoms with Crippen LogP contribution in [0.25, 0.3) is 22.1 Å². The minimum atomic E-state index is -0.0127. The van der Waals surface area contributed by atoms with Crippen LogP contribution in [-0.2, 0) is 11.2 Å². The third kappa shape index (κ3) is 3.96. The first-order valence-electron chi connectivity index (χ1n) is 10.3. The number of rotatable bonds is 6. The molecule has 1 saturated heterocycles. The quantitative estimate of drug-likeness (QED) is 0.670. The minimum Gasteiger partial charge on any atom is -0.354 e. The fourth-order valence-electron chi connectivity index (χ4n) is 4.28. The average Bonchev–Trinajstić information content (AvgIpc) is 3.29. The molecule has 0 bridgehead atoms. The molecule has 1 aliphatic heterocycles. The molecule has 1 amide bonds. The van der Waals surface area contributed by atoms with Crippen LogP contribution in [0, 0.1) is 11.3 Å². The van der Waals surface area contributed by atoms with Gasteiger partial charge in [-0.1, -0.05) is 0 Å². The van der Waals surface area contributed by atoms with Crippen molar-refractivity contribution in [2.24, 2.45) is 0 Å². The highest BCUT2D eigenvalue weighted by Gasteiger charge is 2.26. The second kappa shape index (κ2) is 8.21. The molecule has 29 heavy (non-hydrogen) atoms. The largest absolute Gasteiger partial charge is 0.354 e. The lowest BCUT2D eigenvalue weighted by Gasteiger charge is -2.33. The molecular formula is C21H27N7O. The van der Waals surface area contributed by atoms with Gasteiger partial charge in [0.1, 0.15) is 17.0 Å². The first kappa shape index (κ1) is 19.4. The zero-order valence-electron chi connectivity index (χ0n) is 17.0. The molecule has 8 nitrogen and oxygen atoms in total. The Kier molecular flexibility index (Phi) is 5.49. The predicted molar refractivity (Wildman–Crippen MR) is 111 cm³/mol. The van der Waals surface area contributed by atoms with Gasteiger partial charge in [0.15, 0.2) is 0 Å². The molecular weight excluding hydrogens is 366 g/mol. The van der Waals surface area contributed by atoms with Crippen molar-refractivity contribution in [1.82, 2.24) is 29.7 Å². The van der Waals surface area contributed by atoms with E-state index in [1.165, 1.54) is 0 Å². The van der Waals surface area contributed by atoms with E-state index in [0.717, 1.165) is 60.4 Å². The number of nitrogens with one attached hydrogen (secondary N) is 2. The summed E-state index contributed by atoms with van der Waals surface area (Å²) in [7, 11) is 0. The van der Waals surface area contributed by atoms with E-state index in [9.17, 15) is 4.79 Å². The molecule has 0 radical (unpaired) electrons. The lowest BCUT2D eigenvalue weighted by atomic mass is 10.0. The fraction of sp³-hybridized carbons (Fsp3) is 0.524. The van der Waals surface area contributed by atoms with E-state index in [2.05, 4.69) is 30.8 Å². The van der Waals surface area contributed by atoms with Crippen LogP contribution < -0.4 is 5.32 Å². The Morgan fingerprint density at radius 3 is 2.93 bits per heavy atom. The van der Waals surface area contributed by atoms with Crippen molar-refractivity contribution in [3.63, 3.8) is 0 Å². The van der Waals surface area contributed by atoms with E-state index in [4.69, 9.17) is 10.2 Å². The topological polar surface area (TPSA) is 103 Å². The summed E-state index contributed by atoms with van der Waals surface area (Å²) in [6, 6.07) is 4.64. The van der Waals surface area contributed by atoms with Gasteiger partial charge in [-0.25, -0.2) is 9.97 Å². The standard InChI is InChI=1S/C21H27N7O/c1-14(2)25-19(29)12-18-26-17-13-24-21-16(4-8-23-21)20(17)28(18)15-5-10-27(11-6-15)9-3-7-22/h4,8,13-15H,3,5-6,9-12H2,1-2H3,(H,23,24)(H,25,29). The first-order valence-corrected chi connectivity index (χ1v) is 10.3. The number of carbonyl (C=O) groups excluding carboxylic acids is 1. The highest BCUT2D eigenvalue weighted by Crippen LogP contribution is 2.32. The number of fused-ring (bicyclic) bond motifs is 3. The Bertz CT molecular complexity index is 1050. The van der Waals surface area contributed by atoms with Crippen molar-refractivity contribution in [3.05, 3.63) is 24.3 Å². The molecule has 1 aliphatic rings. The van der Waals surface area contributed by atoms with Crippen LogP contribution in [0.5, 0.6) is 0 Å². The third-order valence-electron chi connectivity index (χ3n) is 5.54. The third-order valence-corrected chi connectivity index (χ3v) is 5.54. The van der Waals surface area contributed by atoms with Gasteiger partial charge in [0.25, 0.3) is 0 Å². The molecule has 4 rings (SSSR count). The number of aromatic amines is 1. The van der Waals surface area contributed by atoms with Crippen molar-refractivity contribution in [2.45, 2.75) is 51.6 Å². The van der Waals surface area contributed by atoms with E-state index in [1.54, 1.807) is 6.20 Å². The van der Waals surface area contributed by atoms with Gasteiger partial charge in [-0.05, 0) is 32.8 Å². The molecule has 2 N–H and O–H groups in total. The Balaban J connectivity index is 1.70. The van der Waals surface area contributed by atoms with Crippen LogP contribution in [0.4, 0.5) is 0 Å².